The molecule has 0 aliphatic carbocycles. The van der Waals surface area contributed by atoms with Crippen LogP contribution in [0.1, 0.15) is 23.1 Å². The third-order valence-corrected chi connectivity index (χ3v) is 2.10. The Morgan fingerprint density at radius 2 is 2.11 bits per heavy atom. The van der Waals surface area contributed by atoms with Crippen LogP contribution in [0, 0.1) is 0 Å². The number of alkyl carbamates (subject to hydrolysis) is 1. The Morgan fingerprint density at radius 3 is 2.61 bits per heavy atom. The van der Waals surface area contributed by atoms with Crippen molar-refractivity contribution in [1.29, 1.82) is 0 Å². The molecule has 1 rings (SSSR count). The minimum Gasteiger partial charge on any atom is -0.476 e. The van der Waals surface area contributed by atoms with Gasteiger partial charge in [0.25, 0.3) is 5.91 Å². The molecule has 98 valence electrons. The van der Waals surface area contributed by atoms with Crippen LogP contribution in [0.5, 0.6) is 0 Å². The van der Waals surface area contributed by atoms with Crippen LogP contribution in [0.25, 0.3) is 0 Å². The van der Waals surface area contributed by atoms with E-state index in [4.69, 9.17) is 5.11 Å². The third kappa shape index (κ3) is 3.03. The molecule has 0 radical (unpaired) electrons. The van der Waals surface area contributed by atoms with Crippen molar-refractivity contribution in [1.82, 2.24) is 20.3 Å². The highest BCUT2D eigenvalue weighted by molar-refractivity contribution is 5.91. The fourth-order valence-electron chi connectivity index (χ4n) is 1.32. The molecule has 1 aromatic rings. The second-order valence-corrected chi connectivity index (χ2v) is 3.24. The van der Waals surface area contributed by atoms with Crippen molar-refractivity contribution in [3.8, 4) is 0 Å². The van der Waals surface area contributed by atoms with Gasteiger partial charge in [-0.05, 0) is 6.42 Å². The van der Waals surface area contributed by atoms with Crippen molar-refractivity contribution in [2.24, 2.45) is 0 Å². The molecule has 9 nitrogen and oxygen atoms in total. The van der Waals surface area contributed by atoms with Gasteiger partial charge in [0.1, 0.15) is 6.54 Å². The average molecular weight is 256 g/mol. The maximum atomic E-state index is 11.4. The Bertz CT molecular complexity index is 481. The number of ether oxygens (including phenoxy) is 1. The predicted octanol–water partition coefficient (Wildman–Crippen LogP) is -0.579. The van der Waals surface area contributed by atoms with Crippen LogP contribution in [0.3, 0.4) is 0 Å². The van der Waals surface area contributed by atoms with Gasteiger partial charge in [-0.1, -0.05) is 12.1 Å². The highest BCUT2D eigenvalue weighted by Gasteiger charge is 2.19. The first-order valence-corrected chi connectivity index (χ1v) is 5.03. The number of rotatable bonds is 4. The molecule has 0 aromatic carbocycles. The molecular formula is C9H12N4O5. The standard InChI is InChI=1S/C9H12N4O5/c1-3-5-7(8(15)16)11-12-13(5)4-6(14)10-9(17)18-2/h3-4H2,1-2H3,(H,15,16)(H,10,14,17). The maximum Gasteiger partial charge on any atom is 0.413 e. The summed E-state index contributed by atoms with van der Waals surface area (Å²) in [5.41, 5.74) is 0.103. The summed E-state index contributed by atoms with van der Waals surface area (Å²) in [7, 11) is 1.12. The monoisotopic (exact) mass is 256 g/mol. The van der Waals surface area contributed by atoms with E-state index in [-0.39, 0.29) is 12.2 Å². The number of aromatic nitrogens is 3. The molecule has 18 heavy (non-hydrogen) atoms. The zero-order chi connectivity index (χ0) is 13.7. The number of hydrogen-bond acceptors (Lipinski definition) is 6. The van der Waals surface area contributed by atoms with Crippen LogP contribution in [0.2, 0.25) is 0 Å². The lowest BCUT2D eigenvalue weighted by molar-refractivity contribution is -0.121. The fraction of sp³-hybridized carbons (Fsp3) is 0.444. The molecule has 2 amide bonds. The smallest absolute Gasteiger partial charge is 0.413 e. The van der Waals surface area contributed by atoms with Gasteiger partial charge in [-0.2, -0.15) is 0 Å². The number of imide groups is 1. The summed E-state index contributed by atoms with van der Waals surface area (Å²) < 4.78 is 5.37. The zero-order valence-electron chi connectivity index (χ0n) is 9.84. The molecule has 0 spiro atoms. The quantitative estimate of drug-likeness (QED) is 0.738. The predicted molar refractivity (Wildman–Crippen MR) is 56.9 cm³/mol. The second kappa shape index (κ2) is 5.75. The molecule has 0 aliphatic rings. The van der Waals surface area contributed by atoms with Gasteiger partial charge < -0.3 is 9.84 Å². The first-order chi connectivity index (χ1) is 8.49. The highest BCUT2D eigenvalue weighted by atomic mass is 16.5. The lowest BCUT2D eigenvalue weighted by Crippen LogP contribution is -2.33. The first kappa shape index (κ1) is 13.6. The van der Waals surface area contributed by atoms with E-state index >= 15 is 0 Å². The van der Waals surface area contributed by atoms with Crippen molar-refractivity contribution in [3.05, 3.63) is 11.4 Å². The van der Waals surface area contributed by atoms with E-state index in [1.54, 1.807) is 6.92 Å². The zero-order valence-corrected chi connectivity index (χ0v) is 9.84. The van der Waals surface area contributed by atoms with Crippen molar-refractivity contribution < 1.29 is 24.2 Å². The molecule has 0 unspecified atom stereocenters. The Kier molecular flexibility index (Phi) is 4.35. The molecule has 9 heteroatoms. The average Bonchev–Trinajstić information content (AvgIpc) is 2.71. The third-order valence-electron chi connectivity index (χ3n) is 2.10. The molecule has 0 aliphatic heterocycles. The summed E-state index contributed by atoms with van der Waals surface area (Å²) in [5.74, 6) is -1.88. The molecule has 1 heterocycles. The number of carbonyl (C=O) groups is 3. The van der Waals surface area contributed by atoms with E-state index < -0.39 is 18.0 Å². The topological polar surface area (TPSA) is 123 Å². The van der Waals surface area contributed by atoms with E-state index in [1.807, 2.05) is 5.32 Å². The molecule has 0 atom stereocenters. The first-order valence-electron chi connectivity index (χ1n) is 5.03. The van der Waals surface area contributed by atoms with Crippen molar-refractivity contribution in [2.75, 3.05) is 7.11 Å². The van der Waals surface area contributed by atoms with Gasteiger partial charge >= 0.3 is 12.1 Å². The maximum absolute atomic E-state index is 11.4. The van der Waals surface area contributed by atoms with Crippen LogP contribution in [0.15, 0.2) is 0 Å². The van der Waals surface area contributed by atoms with E-state index in [0.717, 1.165) is 11.8 Å². The van der Waals surface area contributed by atoms with Crippen LogP contribution in [-0.4, -0.2) is 45.2 Å². The van der Waals surface area contributed by atoms with Gasteiger partial charge in [-0.15, -0.1) is 5.10 Å². The Morgan fingerprint density at radius 1 is 1.44 bits per heavy atom. The number of carboxylic acid groups (broad SMARTS) is 1. The Labute approximate surface area is 102 Å². The van der Waals surface area contributed by atoms with Gasteiger partial charge in [-0.3, -0.25) is 10.1 Å². The summed E-state index contributed by atoms with van der Waals surface area (Å²) in [6.07, 6.45) is -0.545. The minimum atomic E-state index is -1.22. The molecular weight excluding hydrogens is 244 g/mol. The van der Waals surface area contributed by atoms with Crippen molar-refractivity contribution in [2.45, 2.75) is 19.9 Å². The van der Waals surface area contributed by atoms with Gasteiger partial charge in [-0.25, -0.2) is 14.3 Å². The van der Waals surface area contributed by atoms with Gasteiger partial charge in [0.05, 0.1) is 12.8 Å². The number of carbonyl (C=O) groups excluding carboxylic acids is 2. The molecule has 2 N–H and O–H groups in total. The van der Waals surface area contributed by atoms with Crippen LogP contribution in [-0.2, 0) is 22.5 Å². The summed E-state index contributed by atoms with van der Waals surface area (Å²) >= 11 is 0. The van der Waals surface area contributed by atoms with Crippen LogP contribution in [0.4, 0.5) is 4.79 Å². The van der Waals surface area contributed by atoms with E-state index in [9.17, 15) is 14.4 Å². The minimum absolute atomic E-state index is 0.205. The normalized spacial score (nSPS) is 9.89. The molecule has 0 bridgehead atoms. The number of carboxylic acids is 1. The largest absolute Gasteiger partial charge is 0.476 e. The number of nitrogens with one attached hydrogen (secondary N) is 1. The Balaban J connectivity index is 2.82. The lowest BCUT2D eigenvalue weighted by Gasteiger charge is -2.05. The van der Waals surface area contributed by atoms with Crippen LogP contribution >= 0.6 is 0 Å². The fourth-order valence-corrected chi connectivity index (χ4v) is 1.32. The summed E-state index contributed by atoms with van der Waals surface area (Å²) in [6.45, 7) is 1.40. The van der Waals surface area contributed by atoms with Gasteiger partial charge in [0.2, 0.25) is 0 Å². The summed E-state index contributed by atoms with van der Waals surface area (Å²) in [4.78, 5) is 33.0. The van der Waals surface area contributed by atoms with Gasteiger partial charge in [0.15, 0.2) is 5.69 Å². The second-order valence-electron chi connectivity index (χ2n) is 3.24. The molecule has 0 saturated heterocycles. The number of nitrogens with zero attached hydrogens (tertiary/aromatic N) is 3. The molecule has 1 aromatic heterocycles. The van der Waals surface area contributed by atoms with Crippen LogP contribution < -0.4 is 5.32 Å². The van der Waals surface area contributed by atoms with E-state index in [1.165, 1.54) is 0 Å². The number of methoxy groups -OCH3 is 1. The van der Waals surface area contributed by atoms with E-state index in [2.05, 4.69) is 15.0 Å². The summed E-state index contributed by atoms with van der Waals surface area (Å²) in [6, 6.07) is 0. The van der Waals surface area contributed by atoms with Gasteiger partial charge in [0, 0.05) is 0 Å². The van der Waals surface area contributed by atoms with E-state index in [0.29, 0.717) is 12.1 Å². The summed E-state index contributed by atoms with van der Waals surface area (Å²) in [5, 5.41) is 17.8. The molecule has 0 fully saturated rings. The SMILES string of the molecule is CCc1c(C(=O)O)nnn1CC(=O)NC(=O)OC. The Hall–Kier alpha value is -2.45. The highest BCUT2D eigenvalue weighted by Crippen LogP contribution is 2.06. The number of hydrogen-bond donors (Lipinski definition) is 2. The molecule has 0 saturated carbocycles. The van der Waals surface area contributed by atoms with Crippen molar-refractivity contribution >= 4 is 18.0 Å². The number of amides is 2. The van der Waals surface area contributed by atoms with Crippen molar-refractivity contribution in [3.63, 3.8) is 0 Å². The number of aromatic carboxylic acids is 1. The lowest BCUT2D eigenvalue weighted by atomic mass is 10.2.